The summed E-state index contributed by atoms with van der Waals surface area (Å²) in [6, 6.07) is 8.86. The highest BCUT2D eigenvalue weighted by atomic mass is 35.5. The summed E-state index contributed by atoms with van der Waals surface area (Å²) in [5.74, 6) is -1.05. The Bertz CT molecular complexity index is 924. The van der Waals surface area contributed by atoms with Crippen LogP contribution >= 0.6 is 11.6 Å². The van der Waals surface area contributed by atoms with Crippen molar-refractivity contribution >= 4 is 33.2 Å². The minimum absolute atomic E-state index is 0.0970. The second-order valence-electron chi connectivity index (χ2n) is 5.99. The number of anilines is 1. The van der Waals surface area contributed by atoms with Crippen molar-refractivity contribution in [3.05, 3.63) is 58.4 Å². The highest BCUT2D eigenvalue weighted by Gasteiger charge is 2.24. The fourth-order valence-corrected chi connectivity index (χ4v) is 4.66. The van der Waals surface area contributed by atoms with E-state index in [1.54, 1.807) is 32.9 Å². The van der Waals surface area contributed by atoms with E-state index in [-0.39, 0.29) is 21.9 Å². The van der Waals surface area contributed by atoms with Crippen molar-refractivity contribution in [2.24, 2.45) is 0 Å². The minimum Gasteiger partial charge on any atom is -0.326 e. The lowest BCUT2D eigenvalue weighted by Gasteiger charge is -2.20. The van der Waals surface area contributed by atoms with Crippen LogP contribution < -0.4 is 5.32 Å². The summed E-state index contributed by atoms with van der Waals surface area (Å²) in [4.78, 5) is 12.4. The SMILES string of the molecule is CCN(CC)S(=O)(=O)c1cc(NC(=O)Cc2c(F)cccc2Cl)ccc1C. The second kappa shape index (κ2) is 8.82. The van der Waals surface area contributed by atoms with Crippen LogP contribution in [-0.2, 0) is 21.2 Å². The van der Waals surface area contributed by atoms with Gasteiger partial charge in [-0.25, -0.2) is 12.8 Å². The Balaban J connectivity index is 2.27. The number of hydrogen-bond acceptors (Lipinski definition) is 3. The van der Waals surface area contributed by atoms with E-state index in [0.717, 1.165) is 0 Å². The van der Waals surface area contributed by atoms with Crippen LogP contribution in [0.2, 0.25) is 5.02 Å². The lowest BCUT2D eigenvalue weighted by atomic mass is 10.1. The molecule has 0 bridgehead atoms. The predicted molar refractivity (Wildman–Crippen MR) is 105 cm³/mol. The Morgan fingerprint density at radius 2 is 1.85 bits per heavy atom. The maximum atomic E-state index is 13.8. The Kier molecular flexibility index (Phi) is 6.97. The summed E-state index contributed by atoms with van der Waals surface area (Å²) < 4.78 is 40.7. The summed E-state index contributed by atoms with van der Waals surface area (Å²) in [6.45, 7) is 5.92. The van der Waals surface area contributed by atoms with Gasteiger partial charge >= 0.3 is 0 Å². The molecule has 1 N–H and O–H groups in total. The van der Waals surface area contributed by atoms with Crippen molar-refractivity contribution in [3.8, 4) is 0 Å². The van der Waals surface area contributed by atoms with Gasteiger partial charge in [-0.05, 0) is 36.8 Å². The Labute approximate surface area is 164 Å². The molecule has 8 heteroatoms. The van der Waals surface area contributed by atoms with Gasteiger partial charge in [-0.2, -0.15) is 4.31 Å². The third-order valence-electron chi connectivity index (χ3n) is 4.19. The van der Waals surface area contributed by atoms with Crippen LogP contribution in [0, 0.1) is 12.7 Å². The number of aryl methyl sites for hydroxylation is 1. The first kappa shape index (κ1) is 21.3. The molecule has 0 fully saturated rings. The van der Waals surface area contributed by atoms with Crippen LogP contribution in [0.3, 0.4) is 0 Å². The van der Waals surface area contributed by atoms with Crippen LogP contribution in [0.5, 0.6) is 0 Å². The quantitative estimate of drug-likeness (QED) is 0.747. The number of amides is 1. The predicted octanol–water partition coefficient (Wildman–Crippen LogP) is 4.00. The lowest BCUT2D eigenvalue weighted by Crippen LogP contribution is -2.31. The maximum absolute atomic E-state index is 13.8. The molecule has 0 aliphatic rings. The topological polar surface area (TPSA) is 66.5 Å². The van der Waals surface area contributed by atoms with Gasteiger partial charge in [0.15, 0.2) is 0 Å². The first-order valence-electron chi connectivity index (χ1n) is 8.54. The normalized spacial score (nSPS) is 11.6. The van der Waals surface area contributed by atoms with Gasteiger partial charge in [-0.1, -0.05) is 37.6 Å². The molecule has 0 radical (unpaired) electrons. The number of sulfonamides is 1. The summed E-state index contributed by atoms with van der Waals surface area (Å²) in [5.41, 5.74) is 1.00. The first-order chi connectivity index (χ1) is 12.7. The number of halogens is 2. The van der Waals surface area contributed by atoms with Gasteiger partial charge < -0.3 is 5.32 Å². The van der Waals surface area contributed by atoms with Crippen molar-refractivity contribution < 1.29 is 17.6 Å². The molecule has 0 spiro atoms. The summed E-state index contributed by atoms with van der Waals surface area (Å²) >= 11 is 5.94. The molecule has 2 rings (SSSR count). The summed E-state index contributed by atoms with van der Waals surface area (Å²) in [6.07, 6.45) is -0.252. The van der Waals surface area contributed by atoms with Crippen LogP contribution in [-0.4, -0.2) is 31.7 Å². The van der Waals surface area contributed by atoms with E-state index in [9.17, 15) is 17.6 Å². The largest absolute Gasteiger partial charge is 0.326 e. The molecule has 0 unspecified atom stereocenters. The van der Waals surface area contributed by atoms with E-state index in [2.05, 4.69) is 5.32 Å². The van der Waals surface area contributed by atoms with Gasteiger partial charge in [0.2, 0.25) is 15.9 Å². The van der Waals surface area contributed by atoms with Gasteiger partial charge in [0.25, 0.3) is 0 Å². The minimum atomic E-state index is -3.66. The Hall–Kier alpha value is -1.96. The van der Waals surface area contributed by atoms with Crippen molar-refractivity contribution in [3.63, 3.8) is 0 Å². The fourth-order valence-electron chi connectivity index (χ4n) is 2.73. The molecule has 1 amide bonds. The zero-order valence-electron chi connectivity index (χ0n) is 15.4. The molecule has 0 atom stereocenters. The number of benzene rings is 2. The second-order valence-corrected chi connectivity index (χ2v) is 8.31. The Morgan fingerprint density at radius 3 is 2.44 bits per heavy atom. The van der Waals surface area contributed by atoms with Crippen molar-refractivity contribution in [2.75, 3.05) is 18.4 Å². The highest BCUT2D eigenvalue weighted by molar-refractivity contribution is 7.89. The number of nitrogens with zero attached hydrogens (tertiary/aromatic N) is 1. The first-order valence-corrected chi connectivity index (χ1v) is 10.4. The molecule has 2 aromatic carbocycles. The van der Waals surface area contributed by atoms with Crippen LogP contribution in [0.25, 0.3) is 0 Å². The summed E-state index contributed by atoms with van der Waals surface area (Å²) in [7, 11) is -3.66. The molecule has 0 saturated carbocycles. The third kappa shape index (κ3) is 4.86. The van der Waals surface area contributed by atoms with Gasteiger partial charge in [0.1, 0.15) is 5.82 Å². The van der Waals surface area contributed by atoms with Crippen LogP contribution in [0.4, 0.5) is 10.1 Å². The number of nitrogens with one attached hydrogen (secondary N) is 1. The van der Waals surface area contributed by atoms with Crippen molar-refractivity contribution in [1.29, 1.82) is 0 Å². The molecule has 5 nitrogen and oxygen atoms in total. The monoisotopic (exact) mass is 412 g/mol. The Morgan fingerprint density at radius 1 is 1.19 bits per heavy atom. The standard InChI is InChI=1S/C19H22ClFN2O3S/c1-4-23(5-2)27(25,26)18-11-14(10-9-13(18)3)22-19(24)12-15-16(20)7-6-8-17(15)21/h6-11H,4-5,12H2,1-3H3,(H,22,24). The third-order valence-corrected chi connectivity index (χ3v) is 6.74. The number of rotatable bonds is 7. The van der Waals surface area contributed by atoms with Gasteiger partial charge in [-0.15, -0.1) is 0 Å². The van der Waals surface area contributed by atoms with E-state index < -0.39 is 21.7 Å². The molecule has 146 valence electrons. The smallest absolute Gasteiger partial charge is 0.243 e. The van der Waals surface area contributed by atoms with Gasteiger partial charge in [-0.3, -0.25) is 4.79 Å². The lowest BCUT2D eigenvalue weighted by molar-refractivity contribution is -0.115. The van der Waals surface area contributed by atoms with Crippen molar-refractivity contribution in [2.45, 2.75) is 32.1 Å². The fraction of sp³-hybridized carbons (Fsp3) is 0.316. The summed E-state index contributed by atoms with van der Waals surface area (Å²) in [5, 5.41) is 2.78. The van der Waals surface area contributed by atoms with E-state index in [1.807, 2.05) is 0 Å². The molecular formula is C19H22ClFN2O3S. The zero-order chi connectivity index (χ0) is 20.2. The van der Waals surface area contributed by atoms with E-state index >= 15 is 0 Å². The molecule has 0 heterocycles. The highest BCUT2D eigenvalue weighted by Crippen LogP contribution is 2.24. The zero-order valence-corrected chi connectivity index (χ0v) is 17.0. The molecule has 2 aromatic rings. The van der Waals surface area contributed by atoms with E-state index in [0.29, 0.717) is 24.3 Å². The molecule has 0 aromatic heterocycles. The van der Waals surface area contributed by atoms with Crippen LogP contribution in [0.1, 0.15) is 25.0 Å². The number of hydrogen-bond donors (Lipinski definition) is 1. The van der Waals surface area contributed by atoms with Gasteiger partial charge in [0.05, 0.1) is 11.3 Å². The average Bonchev–Trinajstić information content (AvgIpc) is 2.60. The average molecular weight is 413 g/mol. The van der Waals surface area contributed by atoms with E-state index in [4.69, 9.17) is 11.6 Å². The van der Waals surface area contributed by atoms with Crippen LogP contribution in [0.15, 0.2) is 41.3 Å². The molecule has 0 saturated heterocycles. The number of carbonyl (C=O) groups is 1. The molecule has 0 aliphatic carbocycles. The molecule has 27 heavy (non-hydrogen) atoms. The van der Waals surface area contributed by atoms with Crippen molar-refractivity contribution in [1.82, 2.24) is 4.31 Å². The van der Waals surface area contributed by atoms with E-state index in [1.165, 1.54) is 28.6 Å². The van der Waals surface area contributed by atoms with Gasteiger partial charge in [0, 0.05) is 29.4 Å². The molecule has 0 aliphatic heterocycles. The molecular weight excluding hydrogens is 391 g/mol. The number of carbonyl (C=O) groups excluding carboxylic acids is 1. The maximum Gasteiger partial charge on any atom is 0.243 e.